The molecule has 0 fully saturated rings. The molecule has 0 aliphatic carbocycles. The van der Waals surface area contributed by atoms with Crippen molar-refractivity contribution in [2.75, 3.05) is 11.1 Å². The van der Waals surface area contributed by atoms with Crippen LogP contribution in [-0.2, 0) is 6.54 Å². The summed E-state index contributed by atoms with van der Waals surface area (Å²) in [5.74, 6) is 0.883. The zero-order valence-electron chi connectivity index (χ0n) is 11.2. The van der Waals surface area contributed by atoms with Gasteiger partial charge in [0.05, 0.1) is 28.6 Å². The third-order valence-corrected chi connectivity index (χ3v) is 3.55. The van der Waals surface area contributed by atoms with E-state index in [9.17, 15) is 0 Å². The van der Waals surface area contributed by atoms with Gasteiger partial charge in [-0.2, -0.15) is 5.10 Å². The van der Waals surface area contributed by atoms with Crippen LogP contribution < -0.4 is 11.1 Å². The van der Waals surface area contributed by atoms with E-state index in [1.54, 1.807) is 11.3 Å². The van der Waals surface area contributed by atoms with E-state index in [1.165, 1.54) is 0 Å². The van der Waals surface area contributed by atoms with Gasteiger partial charge in [0.15, 0.2) is 0 Å². The van der Waals surface area contributed by atoms with Gasteiger partial charge in [-0.05, 0) is 27.7 Å². The van der Waals surface area contributed by atoms with Crippen LogP contribution in [0.1, 0.15) is 36.3 Å². The molecule has 2 rings (SSSR count). The summed E-state index contributed by atoms with van der Waals surface area (Å²) < 4.78 is 1.92. The van der Waals surface area contributed by atoms with Crippen LogP contribution >= 0.6 is 11.3 Å². The number of thiazole rings is 1. The summed E-state index contributed by atoms with van der Waals surface area (Å²) in [6, 6.07) is 0.278. The number of nitrogens with zero attached hydrogens (tertiary/aromatic N) is 3. The Morgan fingerprint density at radius 1 is 1.44 bits per heavy atom. The lowest BCUT2D eigenvalue weighted by molar-refractivity contribution is 0.534. The lowest BCUT2D eigenvalue weighted by Crippen LogP contribution is -2.11. The second kappa shape index (κ2) is 4.97. The molecule has 6 heteroatoms. The van der Waals surface area contributed by atoms with Gasteiger partial charge in [-0.15, -0.1) is 11.3 Å². The summed E-state index contributed by atoms with van der Waals surface area (Å²) in [5.41, 5.74) is 8.66. The molecule has 2 aromatic heterocycles. The monoisotopic (exact) mass is 265 g/mol. The maximum Gasteiger partial charge on any atom is 0.148 e. The number of nitrogens with one attached hydrogen (secondary N) is 1. The van der Waals surface area contributed by atoms with Crippen molar-refractivity contribution in [2.45, 2.75) is 40.3 Å². The van der Waals surface area contributed by atoms with Gasteiger partial charge in [-0.25, -0.2) is 9.67 Å². The van der Waals surface area contributed by atoms with Crippen molar-refractivity contribution in [1.82, 2.24) is 14.8 Å². The van der Waals surface area contributed by atoms with Gasteiger partial charge >= 0.3 is 0 Å². The van der Waals surface area contributed by atoms with Crippen molar-refractivity contribution in [3.05, 3.63) is 21.8 Å². The molecule has 0 atom stereocenters. The van der Waals surface area contributed by atoms with E-state index < -0.39 is 0 Å². The molecule has 2 aromatic rings. The van der Waals surface area contributed by atoms with Crippen LogP contribution in [0, 0.1) is 13.8 Å². The first-order chi connectivity index (χ1) is 8.49. The fourth-order valence-corrected chi connectivity index (χ4v) is 2.39. The molecular weight excluding hydrogens is 246 g/mol. The van der Waals surface area contributed by atoms with E-state index in [0.29, 0.717) is 6.54 Å². The maximum atomic E-state index is 6.05. The lowest BCUT2D eigenvalue weighted by atomic mass is 10.3. The second-order valence-electron chi connectivity index (χ2n) is 4.60. The van der Waals surface area contributed by atoms with E-state index in [0.717, 1.165) is 27.9 Å². The molecule has 98 valence electrons. The van der Waals surface area contributed by atoms with Gasteiger partial charge in [-0.3, -0.25) is 0 Å². The summed E-state index contributed by atoms with van der Waals surface area (Å²) in [6.07, 6.45) is 0. The van der Waals surface area contributed by atoms with E-state index in [-0.39, 0.29) is 6.04 Å². The van der Waals surface area contributed by atoms with Crippen LogP contribution in [0.3, 0.4) is 0 Å². The highest BCUT2D eigenvalue weighted by atomic mass is 32.1. The van der Waals surface area contributed by atoms with Crippen LogP contribution in [0.5, 0.6) is 0 Å². The minimum atomic E-state index is 0.278. The number of hydrogen-bond donors (Lipinski definition) is 2. The molecule has 5 nitrogen and oxygen atoms in total. The number of aromatic nitrogens is 3. The van der Waals surface area contributed by atoms with Crippen LogP contribution in [0.2, 0.25) is 0 Å². The third kappa shape index (κ3) is 2.48. The fraction of sp³-hybridized carbons (Fsp3) is 0.500. The summed E-state index contributed by atoms with van der Waals surface area (Å²) >= 11 is 1.65. The lowest BCUT2D eigenvalue weighted by Gasteiger charge is -2.12. The molecule has 0 amide bonds. The van der Waals surface area contributed by atoms with Crippen molar-refractivity contribution in [2.24, 2.45) is 0 Å². The highest BCUT2D eigenvalue weighted by Gasteiger charge is 2.14. The van der Waals surface area contributed by atoms with Gasteiger partial charge in [0.2, 0.25) is 0 Å². The smallest absolute Gasteiger partial charge is 0.148 e. The zero-order chi connectivity index (χ0) is 13.3. The number of nitrogens with two attached hydrogens (primary N) is 1. The molecule has 0 aliphatic heterocycles. The summed E-state index contributed by atoms with van der Waals surface area (Å²) in [5, 5.41) is 10.9. The highest BCUT2D eigenvalue weighted by molar-refractivity contribution is 7.09. The number of anilines is 2. The van der Waals surface area contributed by atoms with Gasteiger partial charge in [0, 0.05) is 11.4 Å². The molecule has 0 bridgehead atoms. The highest BCUT2D eigenvalue weighted by Crippen LogP contribution is 2.26. The quantitative estimate of drug-likeness (QED) is 0.892. The standard InChI is InChI=1S/C12H19N5S/c1-7(2)17-12(11(13)8(3)16-17)14-5-10-6-18-9(4)15-10/h6-7,14H,5,13H2,1-4H3. The van der Waals surface area contributed by atoms with Gasteiger partial charge < -0.3 is 11.1 Å². The Kier molecular flexibility index (Phi) is 3.56. The molecule has 18 heavy (non-hydrogen) atoms. The molecule has 0 unspecified atom stereocenters. The summed E-state index contributed by atoms with van der Waals surface area (Å²) in [4.78, 5) is 4.42. The maximum absolute atomic E-state index is 6.05. The van der Waals surface area contributed by atoms with Crippen LogP contribution in [-0.4, -0.2) is 14.8 Å². The molecule has 0 aromatic carbocycles. The van der Waals surface area contributed by atoms with Gasteiger partial charge in [0.1, 0.15) is 5.82 Å². The predicted octanol–water partition coefficient (Wildman–Crippen LogP) is 2.73. The first kappa shape index (κ1) is 12.9. The average Bonchev–Trinajstić information content (AvgIpc) is 2.83. The van der Waals surface area contributed by atoms with Crippen LogP contribution in [0.4, 0.5) is 11.5 Å². The van der Waals surface area contributed by atoms with E-state index in [4.69, 9.17) is 5.73 Å². The second-order valence-corrected chi connectivity index (χ2v) is 5.66. The molecule has 0 saturated heterocycles. The normalized spacial score (nSPS) is 11.2. The summed E-state index contributed by atoms with van der Waals surface area (Å²) in [7, 11) is 0. The Labute approximate surface area is 111 Å². The Bertz CT molecular complexity index is 541. The number of nitrogen functional groups attached to an aromatic ring is 1. The molecule has 0 aliphatic rings. The third-order valence-electron chi connectivity index (χ3n) is 2.72. The predicted molar refractivity (Wildman–Crippen MR) is 75.9 cm³/mol. The van der Waals surface area contributed by atoms with E-state index >= 15 is 0 Å². The van der Waals surface area contributed by atoms with Gasteiger partial charge in [-0.1, -0.05) is 0 Å². The topological polar surface area (TPSA) is 68.8 Å². The molecule has 3 N–H and O–H groups in total. The Morgan fingerprint density at radius 3 is 2.72 bits per heavy atom. The van der Waals surface area contributed by atoms with Crippen LogP contribution in [0.25, 0.3) is 0 Å². The molecule has 2 heterocycles. The van der Waals surface area contributed by atoms with Crippen molar-refractivity contribution in [1.29, 1.82) is 0 Å². The Hall–Kier alpha value is -1.56. The molecule has 0 spiro atoms. The van der Waals surface area contributed by atoms with Crippen molar-refractivity contribution >= 4 is 22.8 Å². The largest absolute Gasteiger partial charge is 0.394 e. The van der Waals surface area contributed by atoms with Crippen molar-refractivity contribution in [3.63, 3.8) is 0 Å². The Morgan fingerprint density at radius 2 is 2.17 bits per heavy atom. The Balaban J connectivity index is 2.18. The summed E-state index contributed by atoms with van der Waals surface area (Å²) in [6.45, 7) is 8.78. The fourth-order valence-electron chi connectivity index (χ4n) is 1.77. The van der Waals surface area contributed by atoms with E-state index in [1.807, 2.05) is 18.5 Å². The number of rotatable bonds is 4. The minimum absolute atomic E-state index is 0.278. The van der Waals surface area contributed by atoms with Crippen molar-refractivity contribution in [3.8, 4) is 0 Å². The average molecular weight is 265 g/mol. The zero-order valence-corrected chi connectivity index (χ0v) is 12.0. The molecule has 0 radical (unpaired) electrons. The molecular formula is C12H19N5S. The number of aryl methyl sites for hydroxylation is 2. The van der Waals surface area contributed by atoms with Crippen molar-refractivity contribution < 1.29 is 0 Å². The first-order valence-corrected chi connectivity index (χ1v) is 6.86. The van der Waals surface area contributed by atoms with Gasteiger partial charge in [0.25, 0.3) is 0 Å². The number of hydrogen-bond acceptors (Lipinski definition) is 5. The SMILES string of the molecule is Cc1nc(CNc2c(N)c(C)nn2C(C)C)cs1. The first-order valence-electron chi connectivity index (χ1n) is 5.98. The minimum Gasteiger partial charge on any atom is -0.394 e. The van der Waals surface area contributed by atoms with Crippen LogP contribution in [0.15, 0.2) is 5.38 Å². The molecule has 0 saturated carbocycles. The van der Waals surface area contributed by atoms with E-state index in [2.05, 4.69) is 34.6 Å².